The molecule has 0 radical (unpaired) electrons. The van der Waals surface area contributed by atoms with Gasteiger partial charge in [0.05, 0.1) is 12.9 Å². The van der Waals surface area contributed by atoms with Crippen LogP contribution in [0.25, 0.3) is 0 Å². The van der Waals surface area contributed by atoms with E-state index in [1.807, 2.05) is 0 Å². The molecule has 2 N–H and O–H groups in total. The van der Waals surface area contributed by atoms with Crippen LogP contribution >= 0.6 is 0 Å². The zero-order valence-electron chi connectivity index (χ0n) is 11.5. The summed E-state index contributed by atoms with van der Waals surface area (Å²) in [4.78, 5) is 11.6. The zero-order valence-corrected chi connectivity index (χ0v) is 12.3. The molecule has 1 heterocycles. The summed E-state index contributed by atoms with van der Waals surface area (Å²) >= 11 is 0. The maximum absolute atomic E-state index is 12.4. The molecule has 0 amide bonds. The first kappa shape index (κ1) is 15.1. The number of methoxy groups -OCH3 is 1. The van der Waals surface area contributed by atoms with E-state index in [0.29, 0.717) is 5.69 Å². The Morgan fingerprint density at radius 3 is 2.67 bits per heavy atom. The van der Waals surface area contributed by atoms with Crippen LogP contribution in [-0.2, 0) is 16.4 Å². The number of pyridine rings is 1. The summed E-state index contributed by atoms with van der Waals surface area (Å²) in [5.74, 6) is 0.00686. The van der Waals surface area contributed by atoms with Crippen LogP contribution in [0.1, 0.15) is 0 Å². The molecule has 21 heavy (non-hydrogen) atoms. The molecule has 0 saturated carbocycles. The van der Waals surface area contributed by atoms with Crippen molar-refractivity contribution in [2.45, 2.75) is 11.4 Å². The smallest absolute Gasteiger partial charge is 0.250 e. The number of aromatic nitrogens is 1. The van der Waals surface area contributed by atoms with E-state index in [9.17, 15) is 13.2 Å². The van der Waals surface area contributed by atoms with Gasteiger partial charge >= 0.3 is 0 Å². The molecule has 0 saturated heterocycles. The lowest BCUT2D eigenvalue weighted by atomic mass is 10.3. The molecule has 0 aliphatic heterocycles. The van der Waals surface area contributed by atoms with Crippen molar-refractivity contribution in [3.05, 3.63) is 52.9 Å². The molecule has 0 atom stereocenters. The summed E-state index contributed by atoms with van der Waals surface area (Å²) in [6, 6.07) is 9.05. The van der Waals surface area contributed by atoms with Crippen molar-refractivity contribution in [2.24, 2.45) is 0 Å². The third-order valence-corrected chi connectivity index (χ3v) is 4.75. The molecule has 2 rings (SSSR count). The number of nitrogens with zero attached hydrogens (tertiary/aromatic N) is 1. The average molecular weight is 308 g/mol. The Labute approximate surface area is 122 Å². The molecular weight excluding hydrogens is 292 g/mol. The number of nitrogen functional groups attached to an aromatic ring is 1. The molecule has 0 spiro atoms. The van der Waals surface area contributed by atoms with Crippen LogP contribution in [0.4, 0.5) is 5.69 Å². The summed E-state index contributed by atoms with van der Waals surface area (Å²) in [6.45, 7) is 0.0789. The molecular formula is C14H16N2O4S. The molecule has 7 heteroatoms. The number of rotatable bonds is 5. The fourth-order valence-electron chi connectivity index (χ4n) is 1.91. The Morgan fingerprint density at radius 2 is 2.00 bits per heavy atom. The van der Waals surface area contributed by atoms with Crippen molar-refractivity contribution in [3.63, 3.8) is 0 Å². The molecule has 0 bridgehead atoms. The number of nitrogens with two attached hydrogens (primary N) is 1. The minimum Gasteiger partial charge on any atom is -0.495 e. The van der Waals surface area contributed by atoms with Crippen molar-refractivity contribution in [1.29, 1.82) is 0 Å². The van der Waals surface area contributed by atoms with E-state index in [0.717, 1.165) is 0 Å². The largest absolute Gasteiger partial charge is 0.495 e. The van der Waals surface area contributed by atoms with Crippen LogP contribution in [0.5, 0.6) is 5.75 Å². The van der Waals surface area contributed by atoms with Crippen LogP contribution < -0.4 is 16.0 Å². The molecule has 0 fully saturated rings. The van der Waals surface area contributed by atoms with Gasteiger partial charge in [-0.15, -0.1) is 0 Å². The maximum Gasteiger partial charge on any atom is 0.250 e. The van der Waals surface area contributed by atoms with Crippen molar-refractivity contribution >= 4 is 15.5 Å². The lowest BCUT2D eigenvalue weighted by Gasteiger charge is -2.11. The van der Waals surface area contributed by atoms with Crippen molar-refractivity contribution in [2.75, 3.05) is 18.6 Å². The average Bonchev–Trinajstić information content (AvgIpc) is 2.46. The Hall–Kier alpha value is -2.28. The quantitative estimate of drug-likeness (QED) is 0.829. The summed E-state index contributed by atoms with van der Waals surface area (Å²) in [5, 5.41) is 0. The van der Waals surface area contributed by atoms with E-state index in [4.69, 9.17) is 10.5 Å². The van der Waals surface area contributed by atoms with Crippen LogP contribution in [0.2, 0.25) is 0 Å². The summed E-state index contributed by atoms with van der Waals surface area (Å²) in [7, 11) is -2.19. The van der Waals surface area contributed by atoms with Gasteiger partial charge in [0.15, 0.2) is 9.84 Å². The van der Waals surface area contributed by atoms with E-state index in [-0.39, 0.29) is 28.5 Å². The highest BCUT2D eigenvalue weighted by Crippen LogP contribution is 2.26. The van der Waals surface area contributed by atoms with Crippen LogP contribution in [0, 0.1) is 0 Å². The number of sulfone groups is 1. The SMILES string of the molecule is COc1cc(N)ccc1S(=O)(=O)CCn1ccccc1=O. The normalized spacial score (nSPS) is 11.3. The predicted molar refractivity (Wildman–Crippen MR) is 80.2 cm³/mol. The van der Waals surface area contributed by atoms with E-state index in [1.165, 1.54) is 35.9 Å². The molecule has 6 nitrogen and oxygen atoms in total. The van der Waals surface area contributed by atoms with E-state index < -0.39 is 9.84 Å². The van der Waals surface area contributed by atoms with Gasteiger partial charge in [-0.2, -0.15) is 0 Å². The molecule has 1 aromatic heterocycles. The minimum absolute atomic E-state index is 0.0724. The predicted octanol–water partition coefficient (Wildman–Crippen LogP) is 0.913. The molecule has 2 aromatic rings. The zero-order chi connectivity index (χ0) is 15.5. The van der Waals surface area contributed by atoms with Crippen LogP contribution in [-0.4, -0.2) is 25.8 Å². The second-order valence-corrected chi connectivity index (χ2v) is 6.54. The first-order chi connectivity index (χ1) is 9.94. The maximum atomic E-state index is 12.4. The molecule has 1 aromatic carbocycles. The molecule has 112 valence electrons. The van der Waals surface area contributed by atoms with Gasteiger partial charge in [-0.1, -0.05) is 6.07 Å². The van der Waals surface area contributed by atoms with Gasteiger partial charge in [0, 0.05) is 30.6 Å². The fourth-order valence-corrected chi connectivity index (χ4v) is 3.30. The van der Waals surface area contributed by atoms with Gasteiger partial charge in [-0.3, -0.25) is 4.79 Å². The summed E-state index contributed by atoms with van der Waals surface area (Å²) in [6.07, 6.45) is 1.55. The number of ether oxygens (including phenoxy) is 1. The van der Waals surface area contributed by atoms with E-state index in [2.05, 4.69) is 0 Å². The Bertz CT molecular complexity index is 797. The Morgan fingerprint density at radius 1 is 1.24 bits per heavy atom. The summed E-state index contributed by atoms with van der Waals surface area (Å²) in [5.41, 5.74) is 5.79. The highest BCUT2D eigenvalue weighted by molar-refractivity contribution is 7.91. The van der Waals surface area contributed by atoms with Gasteiger partial charge in [-0.05, 0) is 18.2 Å². The van der Waals surface area contributed by atoms with Crippen LogP contribution in [0.15, 0.2) is 52.3 Å². The lowest BCUT2D eigenvalue weighted by molar-refractivity contribution is 0.403. The van der Waals surface area contributed by atoms with E-state index >= 15 is 0 Å². The lowest BCUT2D eigenvalue weighted by Crippen LogP contribution is -2.22. The van der Waals surface area contributed by atoms with Gasteiger partial charge in [0.2, 0.25) is 0 Å². The third-order valence-electron chi connectivity index (χ3n) is 3.02. The van der Waals surface area contributed by atoms with E-state index in [1.54, 1.807) is 18.3 Å². The highest BCUT2D eigenvalue weighted by atomic mass is 32.2. The Kier molecular flexibility index (Phi) is 4.32. The highest BCUT2D eigenvalue weighted by Gasteiger charge is 2.19. The molecule has 0 aliphatic carbocycles. The monoisotopic (exact) mass is 308 g/mol. The van der Waals surface area contributed by atoms with Crippen LogP contribution in [0.3, 0.4) is 0 Å². The number of anilines is 1. The molecule has 0 unspecified atom stereocenters. The number of benzene rings is 1. The fraction of sp³-hybridized carbons (Fsp3) is 0.214. The minimum atomic E-state index is -3.58. The Balaban J connectivity index is 2.27. The van der Waals surface area contributed by atoms with Gasteiger partial charge in [-0.25, -0.2) is 8.42 Å². The first-order valence-electron chi connectivity index (χ1n) is 6.26. The third kappa shape index (κ3) is 3.43. The van der Waals surface area contributed by atoms with Crippen molar-refractivity contribution in [1.82, 2.24) is 4.57 Å². The molecule has 0 aliphatic rings. The second kappa shape index (κ2) is 6.01. The number of aryl methyl sites for hydroxylation is 1. The van der Waals surface area contributed by atoms with Crippen molar-refractivity contribution < 1.29 is 13.2 Å². The number of hydrogen-bond acceptors (Lipinski definition) is 5. The summed E-state index contributed by atoms with van der Waals surface area (Å²) < 4.78 is 31.2. The first-order valence-corrected chi connectivity index (χ1v) is 7.91. The number of hydrogen-bond donors (Lipinski definition) is 1. The van der Waals surface area contributed by atoms with Gasteiger partial charge < -0.3 is 15.0 Å². The van der Waals surface area contributed by atoms with Crippen molar-refractivity contribution in [3.8, 4) is 5.75 Å². The topological polar surface area (TPSA) is 91.4 Å². The van der Waals surface area contributed by atoms with Gasteiger partial charge in [0.1, 0.15) is 10.6 Å². The van der Waals surface area contributed by atoms with Gasteiger partial charge in [0.25, 0.3) is 5.56 Å². The second-order valence-electron chi connectivity index (χ2n) is 4.46. The standard InChI is InChI=1S/C14H16N2O4S/c1-20-12-10-11(15)5-6-13(12)21(18,19)9-8-16-7-3-2-4-14(16)17/h2-7,10H,8-9,15H2,1H3.